The van der Waals surface area contributed by atoms with Crippen molar-refractivity contribution in [3.8, 4) is 0 Å². The van der Waals surface area contributed by atoms with Crippen molar-refractivity contribution in [2.45, 2.75) is 69.9 Å². The summed E-state index contributed by atoms with van der Waals surface area (Å²) in [5.41, 5.74) is 1.64. The normalized spacial score (nSPS) is 23.0. The van der Waals surface area contributed by atoms with Crippen LogP contribution in [0.1, 0.15) is 58.3 Å². The number of anilines is 2. The van der Waals surface area contributed by atoms with Crippen molar-refractivity contribution in [3.05, 3.63) is 24.3 Å². The Labute approximate surface area is 167 Å². The maximum Gasteiger partial charge on any atom is 0.322 e. The number of hydrogen-bond donors (Lipinski definition) is 1. The zero-order valence-corrected chi connectivity index (χ0v) is 16.8. The maximum absolute atomic E-state index is 13.4. The fraction of sp³-hybridized carbons (Fsp3) is 0.636. The zero-order chi connectivity index (χ0) is 19.6. The van der Waals surface area contributed by atoms with Crippen molar-refractivity contribution in [2.75, 3.05) is 29.5 Å². The van der Waals surface area contributed by atoms with E-state index in [1.807, 2.05) is 30.0 Å². The average molecular weight is 386 g/mol. The molecule has 1 aromatic rings. The molecule has 2 fully saturated rings. The lowest BCUT2D eigenvalue weighted by molar-refractivity contribution is -0.145. The highest BCUT2D eigenvalue weighted by atomic mass is 16.5. The second-order valence-corrected chi connectivity index (χ2v) is 8.34. The van der Waals surface area contributed by atoms with E-state index in [0.29, 0.717) is 19.2 Å². The Morgan fingerprint density at radius 2 is 1.89 bits per heavy atom. The van der Waals surface area contributed by atoms with Crippen molar-refractivity contribution in [1.29, 1.82) is 0 Å². The van der Waals surface area contributed by atoms with Gasteiger partial charge in [0.1, 0.15) is 0 Å². The van der Waals surface area contributed by atoms with E-state index in [2.05, 4.69) is 16.3 Å². The van der Waals surface area contributed by atoms with Crippen molar-refractivity contribution < 1.29 is 14.3 Å². The zero-order valence-electron chi connectivity index (χ0n) is 16.8. The number of hydrogen-bond acceptors (Lipinski definition) is 4. The van der Waals surface area contributed by atoms with Gasteiger partial charge in [0.25, 0.3) is 0 Å². The molecule has 28 heavy (non-hydrogen) atoms. The van der Waals surface area contributed by atoms with E-state index in [9.17, 15) is 9.59 Å². The number of fused-ring (bicyclic) bond motifs is 3. The Morgan fingerprint density at radius 3 is 2.64 bits per heavy atom. The number of para-hydroxylation sites is 2. The Morgan fingerprint density at radius 1 is 1.14 bits per heavy atom. The molecule has 1 N–H and O–H groups in total. The molecular weight excluding hydrogens is 354 g/mol. The van der Waals surface area contributed by atoms with Crippen LogP contribution in [0.5, 0.6) is 0 Å². The lowest BCUT2D eigenvalue weighted by Gasteiger charge is -2.43. The van der Waals surface area contributed by atoms with Gasteiger partial charge >= 0.3 is 12.0 Å². The standard InChI is InChI=1S/C22H31N3O3/c1-2-28-20(26)15-22(12-6-3-7-13-22)23-21(27)25-16-17-9-8-14-24(17)18-10-4-5-11-19(18)25/h4-5,10-11,17H,2-3,6-9,12-16H2,1H3,(H,23,27)/t17-/m1/s1. The highest BCUT2D eigenvalue weighted by Gasteiger charge is 2.41. The Balaban J connectivity index is 1.56. The monoisotopic (exact) mass is 385 g/mol. The van der Waals surface area contributed by atoms with Crippen molar-refractivity contribution in [3.63, 3.8) is 0 Å². The van der Waals surface area contributed by atoms with Crippen molar-refractivity contribution in [2.24, 2.45) is 0 Å². The minimum Gasteiger partial charge on any atom is -0.466 e. The summed E-state index contributed by atoms with van der Waals surface area (Å²) in [6, 6.07) is 8.48. The first kappa shape index (κ1) is 19.1. The van der Waals surface area contributed by atoms with E-state index in [-0.39, 0.29) is 18.4 Å². The first-order chi connectivity index (χ1) is 13.6. The summed E-state index contributed by atoms with van der Waals surface area (Å²) in [5.74, 6) is -0.217. The van der Waals surface area contributed by atoms with Crippen LogP contribution in [0.4, 0.5) is 16.2 Å². The van der Waals surface area contributed by atoms with Gasteiger partial charge in [0.2, 0.25) is 0 Å². The number of benzene rings is 1. The van der Waals surface area contributed by atoms with E-state index in [1.165, 1.54) is 6.42 Å². The number of carbonyl (C=O) groups is 2. The van der Waals surface area contributed by atoms with Gasteiger partial charge in [-0.25, -0.2) is 4.79 Å². The summed E-state index contributed by atoms with van der Waals surface area (Å²) in [4.78, 5) is 30.0. The van der Waals surface area contributed by atoms with Crippen LogP contribution in [0.2, 0.25) is 0 Å². The molecule has 3 aliphatic rings. The molecule has 0 radical (unpaired) electrons. The first-order valence-electron chi connectivity index (χ1n) is 10.7. The molecule has 152 valence electrons. The SMILES string of the molecule is CCOC(=O)CC1(NC(=O)N2C[C@H]3CCCN3c3ccccc32)CCCCC1. The number of urea groups is 1. The summed E-state index contributed by atoms with van der Waals surface area (Å²) in [6.45, 7) is 3.96. The molecule has 1 saturated heterocycles. The predicted octanol–water partition coefficient (Wildman–Crippen LogP) is 3.84. The summed E-state index contributed by atoms with van der Waals surface area (Å²) < 4.78 is 5.20. The minimum absolute atomic E-state index is 0.0785. The molecule has 0 aromatic heterocycles. The molecule has 1 saturated carbocycles. The third-order valence-electron chi connectivity index (χ3n) is 6.47. The molecule has 4 rings (SSSR count). The van der Waals surface area contributed by atoms with Crippen LogP contribution in [0.15, 0.2) is 24.3 Å². The summed E-state index contributed by atoms with van der Waals surface area (Å²) in [6.07, 6.45) is 7.44. The van der Waals surface area contributed by atoms with Crippen molar-refractivity contribution in [1.82, 2.24) is 5.32 Å². The number of esters is 1. The fourth-order valence-corrected chi connectivity index (χ4v) is 5.14. The third-order valence-corrected chi connectivity index (χ3v) is 6.47. The number of rotatable bonds is 4. The molecule has 1 atom stereocenters. The molecule has 2 heterocycles. The van der Waals surface area contributed by atoms with E-state index < -0.39 is 5.54 Å². The van der Waals surface area contributed by atoms with Crippen LogP contribution < -0.4 is 15.1 Å². The first-order valence-corrected chi connectivity index (χ1v) is 10.7. The number of ether oxygens (including phenoxy) is 1. The van der Waals surface area contributed by atoms with Gasteiger partial charge in [0.05, 0.1) is 29.9 Å². The van der Waals surface area contributed by atoms with Crippen molar-refractivity contribution >= 4 is 23.4 Å². The summed E-state index contributed by atoms with van der Waals surface area (Å²) in [5, 5.41) is 3.28. The van der Waals surface area contributed by atoms with Gasteiger partial charge in [-0.2, -0.15) is 0 Å². The molecule has 0 spiro atoms. The third kappa shape index (κ3) is 3.69. The van der Waals surface area contributed by atoms with Crippen LogP contribution in [-0.4, -0.2) is 43.3 Å². The minimum atomic E-state index is -0.483. The van der Waals surface area contributed by atoms with E-state index >= 15 is 0 Å². The van der Waals surface area contributed by atoms with Crippen LogP contribution >= 0.6 is 0 Å². The largest absolute Gasteiger partial charge is 0.466 e. The fourth-order valence-electron chi connectivity index (χ4n) is 5.14. The van der Waals surface area contributed by atoms with Gasteiger partial charge in [0.15, 0.2) is 0 Å². The number of nitrogens with zero attached hydrogens (tertiary/aromatic N) is 2. The Hall–Kier alpha value is -2.24. The molecule has 0 unspecified atom stereocenters. The second-order valence-electron chi connectivity index (χ2n) is 8.34. The van der Waals surface area contributed by atoms with Gasteiger partial charge in [-0.1, -0.05) is 31.4 Å². The molecule has 0 bridgehead atoms. The maximum atomic E-state index is 13.4. The quantitative estimate of drug-likeness (QED) is 0.800. The lowest BCUT2D eigenvalue weighted by Crippen LogP contribution is -2.58. The van der Waals surface area contributed by atoms with Gasteiger partial charge in [0, 0.05) is 19.1 Å². The molecule has 6 heteroatoms. The van der Waals surface area contributed by atoms with Crippen LogP contribution in [-0.2, 0) is 9.53 Å². The molecular formula is C22H31N3O3. The molecule has 1 aromatic carbocycles. The van der Waals surface area contributed by atoms with E-state index in [0.717, 1.165) is 56.4 Å². The van der Waals surface area contributed by atoms with Gasteiger partial charge in [-0.15, -0.1) is 0 Å². The predicted molar refractivity (Wildman–Crippen MR) is 110 cm³/mol. The Kier molecular flexibility index (Phi) is 5.47. The van der Waals surface area contributed by atoms with E-state index in [1.54, 1.807) is 0 Å². The highest BCUT2D eigenvalue weighted by Crippen LogP contribution is 2.40. The molecule has 2 amide bonds. The summed E-state index contributed by atoms with van der Waals surface area (Å²) in [7, 11) is 0. The van der Waals surface area contributed by atoms with E-state index in [4.69, 9.17) is 4.74 Å². The molecule has 2 aliphatic heterocycles. The number of amides is 2. The number of nitrogens with one attached hydrogen (secondary N) is 1. The molecule has 1 aliphatic carbocycles. The average Bonchev–Trinajstić information content (AvgIpc) is 3.17. The van der Waals surface area contributed by atoms with Gasteiger partial charge in [-0.3, -0.25) is 9.69 Å². The van der Waals surface area contributed by atoms with Gasteiger partial charge < -0.3 is 15.0 Å². The van der Waals surface area contributed by atoms with Crippen LogP contribution in [0.25, 0.3) is 0 Å². The highest BCUT2D eigenvalue weighted by molar-refractivity contribution is 5.97. The smallest absolute Gasteiger partial charge is 0.322 e. The van der Waals surface area contributed by atoms with Crippen LogP contribution in [0.3, 0.4) is 0 Å². The van der Waals surface area contributed by atoms with Crippen LogP contribution in [0, 0.1) is 0 Å². The topological polar surface area (TPSA) is 61.9 Å². The van der Waals surface area contributed by atoms with Gasteiger partial charge in [-0.05, 0) is 44.7 Å². The second kappa shape index (κ2) is 8.02. The molecule has 6 nitrogen and oxygen atoms in total. The number of carbonyl (C=O) groups excluding carboxylic acids is 2. The summed E-state index contributed by atoms with van der Waals surface area (Å²) >= 11 is 0. The lowest BCUT2D eigenvalue weighted by atomic mass is 9.79. The Bertz CT molecular complexity index is 729.